The lowest BCUT2D eigenvalue weighted by molar-refractivity contribution is 0.0166. The molecule has 1 aromatic heterocycles. The zero-order valence-electron chi connectivity index (χ0n) is 11.2. The number of hydrogen-bond donors (Lipinski definition) is 3. The smallest absolute Gasteiger partial charge is 0.224 e. The Morgan fingerprint density at radius 1 is 1.32 bits per heavy atom. The van der Waals surface area contributed by atoms with E-state index in [9.17, 15) is 9.50 Å². The third-order valence-corrected chi connectivity index (χ3v) is 3.45. The van der Waals surface area contributed by atoms with Gasteiger partial charge in [-0.25, -0.2) is 9.37 Å². The first kappa shape index (κ1) is 14.0. The number of nitrogens with zero attached hydrogens (tertiary/aromatic N) is 2. The lowest BCUT2D eigenvalue weighted by Gasteiger charge is -2.32. The van der Waals surface area contributed by atoms with Crippen molar-refractivity contribution in [3.05, 3.63) is 12.0 Å². The molecule has 0 atom stereocenters. The largest absolute Gasteiger partial charge is 0.388 e. The summed E-state index contributed by atoms with van der Waals surface area (Å²) >= 11 is 0. The van der Waals surface area contributed by atoms with E-state index in [0.717, 1.165) is 38.3 Å². The van der Waals surface area contributed by atoms with Crippen molar-refractivity contribution < 1.29 is 9.50 Å². The quantitative estimate of drug-likeness (QED) is 0.763. The molecule has 1 aliphatic rings. The number of nitrogens with one attached hydrogen (secondary N) is 2. The maximum Gasteiger partial charge on any atom is 0.224 e. The van der Waals surface area contributed by atoms with Crippen LogP contribution in [0.2, 0.25) is 0 Å². The highest BCUT2D eigenvalue weighted by Crippen LogP contribution is 2.28. The zero-order chi connectivity index (χ0) is 13.7. The summed E-state index contributed by atoms with van der Waals surface area (Å²) in [6, 6.07) is 0. The van der Waals surface area contributed by atoms with Crippen LogP contribution in [0.4, 0.5) is 16.2 Å². The molecule has 1 fully saturated rings. The first-order chi connectivity index (χ1) is 9.13. The van der Waals surface area contributed by atoms with E-state index in [1.165, 1.54) is 0 Å². The Kier molecular flexibility index (Phi) is 4.52. The summed E-state index contributed by atoms with van der Waals surface area (Å²) in [6.07, 6.45) is 5.85. The molecule has 3 N–H and O–H groups in total. The molecule has 0 amide bonds. The number of aliphatic hydroxyl groups is 1. The van der Waals surface area contributed by atoms with Crippen molar-refractivity contribution in [2.75, 3.05) is 23.7 Å². The lowest BCUT2D eigenvalue weighted by atomic mass is 9.85. The zero-order valence-corrected chi connectivity index (χ0v) is 11.2. The molecule has 1 aromatic rings. The van der Waals surface area contributed by atoms with E-state index in [4.69, 9.17) is 0 Å². The summed E-state index contributed by atoms with van der Waals surface area (Å²) < 4.78 is 13.6. The minimum Gasteiger partial charge on any atom is -0.388 e. The van der Waals surface area contributed by atoms with E-state index < -0.39 is 11.4 Å². The van der Waals surface area contributed by atoms with Gasteiger partial charge in [0.25, 0.3) is 0 Å². The molecule has 1 saturated carbocycles. The van der Waals surface area contributed by atoms with Crippen molar-refractivity contribution in [3.63, 3.8) is 0 Å². The standard InChI is InChI=1S/C13H21FN4O/c1-2-15-12-16-8-10(14)11(18-12)17-9-13(19)6-4-3-5-7-13/h8,19H,2-7,9H2,1H3,(H2,15,16,17,18). The van der Waals surface area contributed by atoms with E-state index in [1.807, 2.05) is 6.92 Å². The van der Waals surface area contributed by atoms with Gasteiger partial charge in [0, 0.05) is 13.1 Å². The van der Waals surface area contributed by atoms with Gasteiger partial charge in [0.05, 0.1) is 11.8 Å². The molecule has 1 aliphatic carbocycles. The van der Waals surface area contributed by atoms with E-state index in [1.54, 1.807) is 0 Å². The molecule has 1 heterocycles. The molecule has 0 bridgehead atoms. The van der Waals surface area contributed by atoms with Crippen molar-refractivity contribution in [1.29, 1.82) is 0 Å². The van der Waals surface area contributed by atoms with Gasteiger partial charge in [0.2, 0.25) is 5.95 Å². The van der Waals surface area contributed by atoms with Crippen molar-refractivity contribution >= 4 is 11.8 Å². The second-order valence-corrected chi connectivity index (χ2v) is 5.06. The van der Waals surface area contributed by atoms with Gasteiger partial charge in [-0.1, -0.05) is 19.3 Å². The Hall–Kier alpha value is -1.43. The minimum atomic E-state index is -0.742. The summed E-state index contributed by atoms with van der Waals surface area (Å²) in [5.41, 5.74) is -0.742. The Bertz CT molecular complexity index is 421. The monoisotopic (exact) mass is 268 g/mol. The fourth-order valence-electron chi connectivity index (χ4n) is 2.37. The molecule has 0 spiro atoms. The Balaban J connectivity index is 1.99. The van der Waals surface area contributed by atoms with E-state index in [-0.39, 0.29) is 5.82 Å². The molecule has 6 heteroatoms. The molecular weight excluding hydrogens is 247 g/mol. The van der Waals surface area contributed by atoms with Gasteiger partial charge in [0.1, 0.15) is 0 Å². The Morgan fingerprint density at radius 3 is 2.74 bits per heavy atom. The highest BCUT2D eigenvalue weighted by Gasteiger charge is 2.29. The van der Waals surface area contributed by atoms with Crippen LogP contribution in [0.15, 0.2) is 6.20 Å². The topological polar surface area (TPSA) is 70.1 Å². The summed E-state index contributed by atoms with van der Waals surface area (Å²) in [5.74, 6) is 0.0352. The summed E-state index contributed by atoms with van der Waals surface area (Å²) in [7, 11) is 0. The normalized spacial score (nSPS) is 18.1. The van der Waals surface area contributed by atoms with Gasteiger partial charge in [0.15, 0.2) is 11.6 Å². The number of aromatic nitrogens is 2. The minimum absolute atomic E-state index is 0.143. The van der Waals surface area contributed by atoms with Gasteiger partial charge in [-0.15, -0.1) is 0 Å². The van der Waals surface area contributed by atoms with E-state index in [0.29, 0.717) is 19.0 Å². The van der Waals surface area contributed by atoms with Crippen molar-refractivity contribution in [2.24, 2.45) is 0 Å². The van der Waals surface area contributed by atoms with Crippen molar-refractivity contribution in [1.82, 2.24) is 9.97 Å². The number of rotatable bonds is 5. The molecule has 2 rings (SSSR count). The van der Waals surface area contributed by atoms with Crippen LogP contribution in [0.3, 0.4) is 0 Å². The van der Waals surface area contributed by atoms with Crippen molar-refractivity contribution in [2.45, 2.75) is 44.6 Å². The molecule has 106 valence electrons. The molecule has 0 aliphatic heterocycles. The van der Waals surface area contributed by atoms with Crippen LogP contribution in [0.25, 0.3) is 0 Å². The van der Waals surface area contributed by atoms with E-state index in [2.05, 4.69) is 20.6 Å². The Labute approximate surface area is 112 Å². The van der Waals surface area contributed by atoms with Gasteiger partial charge in [-0.2, -0.15) is 4.98 Å². The van der Waals surface area contributed by atoms with Gasteiger partial charge in [-0.3, -0.25) is 0 Å². The van der Waals surface area contributed by atoms with Crippen LogP contribution in [0.5, 0.6) is 0 Å². The number of halogens is 1. The predicted molar refractivity (Wildman–Crippen MR) is 72.7 cm³/mol. The van der Waals surface area contributed by atoms with Gasteiger partial charge >= 0.3 is 0 Å². The third kappa shape index (κ3) is 3.76. The van der Waals surface area contributed by atoms with Crippen LogP contribution >= 0.6 is 0 Å². The van der Waals surface area contributed by atoms with Crippen molar-refractivity contribution in [3.8, 4) is 0 Å². The lowest BCUT2D eigenvalue weighted by Crippen LogP contribution is -2.39. The van der Waals surface area contributed by atoms with Gasteiger partial charge < -0.3 is 15.7 Å². The highest BCUT2D eigenvalue weighted by atomic mass is 19.1. The molecule has 0 saturated heterocycles. The molecular formula is C13H21FN4O. The maximum absolute atomic E-state index is 13.6. The molecule has 0 radical (unpaired) electrons. The van der Waals surface area contributed by atoms with Crippen LogP contribution in [-0.2, 0) is 0 Å². The second kappa shape index (κ2) is 6.14. The molecule has 0 aromatic carbocycles. The first-order valence-corrected chi connectivity index (χ1v) is 6.86. The first-order valence-electron chi connectivity index (χ1n) is 6.86. The maximum atomic E-state index is 13.6. The summed E-state index contributed by atoms with van der Waals surface area (Å²) in [4.78, 5) is 7.90. The van der Waals surface area contributed by atoms with Gasteiger partial charge in [-0.05, 0) is 19.8 Å². The summed E-state index contributed by atoms with van der Waals surface area (Å²) in [6.45, 7) is 2.92. The van der Waals surface area contributed by atoms with Crippen LogP contribution in [0, 0.1) is 5.82 Å². The molecule has 19 heavy (non-hydrogen) atoms. The second-order valence-electron chi connectivity index (χ2n) is 5.06. The fraction of sp³-hybridized carbons (Fsp3) is 0.692. The average Bonchev–Trinajstić information content (AvgIpc) is 2.41. The van der Waals surface area contributed by atoms with Crippen LogP contribution in [0.1, 0.15) is 39.0 Å². The average molecular weight is 268 g/mol. The summed E-state index contributed by atoms with van der Waals surface area (Å²) in [5, 5.41) is 16.2. The molecule has 5 nitrogen and oxygen atoms in total. The number of anilines is 2. The Morgan fingerprint density at radius 2 is 2.05 bits per heavy atom. The third-order valence-electron chi connectivity index (χ3n) is 3.45. The van der Waals surface area contributed by atoms with Crippen LogP contribution < -0.4 is 10.6 Å². The highest BCUT2D eigenvalue weighted by molar-refractivity contribution is 5.41. The van der Waals surface area contributed by atoms with E-state index >= 15 is 0 Å². The van der Waals surface area contributed by atoms with Crippen LogP contribution in [-0.4, -0.2) is 33.8 Å². The molecule has 0 unspecified atom stereocenters. The predicted octanol–water partition coefficient (Wildman–Crippen LogP) is 2.15. The number of hydrogen-bond acceptors (Lipinski definition) is 5. The fourth-order valence-corrected chi connectivity index (χ4v) is 2.37. The SMILES string of the molecule is CCNc1ncc(F)c(NCC2(O)CCCCC2)n1.